The molecule has 168 valence electrons. The maximum atomic E-state index is 13.3. The Morgan fingerprint density at radius 1 is 1.13 bits per heavy atom. The predicted octanol–water partition coefficient (Wildman–Crippen LogP) is 3.97. The van der Waals surface area contributed by atoms with Crippen molar-refractivity contribution in [2.24, 2.45) is 4.99 Å². The maximum Gasteiger partial charge on any atom is 0.253 e. The first kappa shape index (κ1) is 25.1. The first-order valence-corrected chi connectivity index (χ1v) is 10.4. The van der Waals surface area contributed by atoms with Gasteiger partial charge in [-0.2, -0.15) is 0 Å². The lowest BCUT2D eigenvalue weighted by Crippen LogP contribution is -2.49. The number of nitrogens with one attached hydrogen (secondary N) is 2. The van der Waals surface area contributed by atoms with E-state index in [0.29, 0.717) is 12.1 Å². The molecule has 3 rings (SSSR count). The summed E-state index contributed by atoms with van der Waals surface area (Å²) in [7, 11) is 5.27. The van der Waals surface area contributed by atoms with E-state index < -0.39 is 0 Å². The van der Waals surface area contributed by atoms with E-state index in [1.54, 1.807) is 26.0 Å². The number of benzene rings is 2. The molecular weight excluding hydrogens is 506 g/mol. The van der Waals surface area contributed by atoms with Crippen molar-refractivity contribution >= 4 is 35.8 Å². The van der Waals surface area contributed by atoms with Crippen LogP contribution in [0.2, 0.25) is 0 Å². The normalized spacial score (nSPS) is 14.8. The number of guanidine groups is 1. The van der Waals surface area contributed by atoms with Gasteiger partial charge in [0.25, 0.3) is 5.91 Å². The molecule has 1 aliphatic carbocycles. The predicted molar refractivity (Wildman–Crippen MR) is 135 cm³/mol. The van der Waals surface area contributed by atoms with E-state index in [1.165, 1.54) is 24.1 Å². The Labute approximate surface area is 201 Å². The summed E-state index contributed by atoms with van der Waals surface area (Å²) in [6, 6.07) is 14.6. The van der Waals surface area contributed by atoms with Crippen molar-refractivity contribution in [3.63, 3.8) is 0 Å². The van der Waals surface area contributed by atoms with Gasteiger partial charge in [0.1, 0.15) is 5.82 Å². The fourth-order valence-corrected chi connectivity index (χ4v) is 3.89. The van der Waals surface area contributed by atoms with Crippen molar-refractivity contribution in [1.29, 1.82) is 0 Å². The molecule has 0 unspecified atom stereocenters. The molecule has 1 saturated carbocycles. The molecule has 1 aliphatic rings. The number of halogens is 2. The summed E-state index contributed by atoms with van der Waals surface area (Å²) >= 11 is 0. The van der Waals surface area contributed by atoms with E-state index in [4.69, 9.17) is 0 Å². The lowest BCUT2D eigenvalue weighted by molar-refractivity contribution is 0.0827. The molecule has 0 atom stereocenters. The molecule has 0 spiro atoms. The van der Waals surface area contributed by atoms with Gasteiger partial charge in [0, 0.05) is 45.2 Å². The van der Waals surface area contributed by atoms with Crippen LogP contribution < -0.4 is 10.6 Å². The molecule has 0 heterocycles. The van der Waals surface area contributed by atoms with E-state index in [2.05, 4.69) is 15.6 Å². The van der Waals surface area contributed by atoms with Crippen molar-refractivity contribution < 1.29 is 9.18 Å². The first-order valence-electron chi connectivity index (χ1n) is 10.4. The minimum Gasteiger partial charge on any atom is -0.356 e. The summed E-state index contributed by atoms with van der Waals surface area (Å²) in [4.78, 5) is 18.0. The highest BCUT2D eigenvalue weighted by atomic mass is 127. The third-order valence-electron chi connectivity index (χ3n) is 5.87. The number of aliphatic imine (C=N–C) groups is 1. The van der Waals surface area contributed by atoms with Gasteiger partial charge < -0.3 is 15.5 Å². The number of carbonyl (C=O) groups is 1. The molecular formula is C24H32FIN4O. The van der Waals surface area contributed by atoms with Crippen LogP contribution in [0.5, 0.6) is 0 Å². The topological polar surface area (TPSA) is 56.7 Å². The van der Waals surface area contributed by atoms with Crippen molar-refractivity contribution in [3.05, 3.63) is 71.0 Å². The second-order valence-corrected chi connectivity index (χ2v) is 8.14. The molecule has 2 aromatic carbocycles. The van der Waals surface area contributed by atoms with E-state index in [1.807, 2.05) is 36.4 Å². The number of nitrogens with zero attached hydrogens (tertiary/aromatic N) is 2. The average Bonchev–Trinajstić information content (AvgIpc) is 2.72. The number of rotatable bonds is 7. The Kier molecular flexibility index (Phi) is 9.28. The highest BCUT2D eigenvalue weighted by Crippen LogP contribution is 2.43. The summed E-state index contributed by atoms with van der Waals surface area (Å²) in [6.45, 7) is 1.48. The molecule has 7 heteroatoms. The number of hydrogen-bond acceptors (Lipinski definition) is 2. The second kappa shape index (κ2) is 11.5. The Hall–Kier alpha value is -2.16. The van der Waals surface area contributed by atoms with Crippen LogP contribution in [0.25, 0.3) is 0 Å². The fraction of sp³-hybridized carbons (Fsp3) is 0.417. The zero-order valence-electron chi connectivity index (χ0n) is 18.5. The largest absolute Gasteiger partial charge is 0.356 e. The van der Waals surface area contributed by atoms with E-state index in [-0.39, 0.29) is 41.1 Å². The van der Waals surface area contributed by atoms with Gasteiger partial charge in [-0.3, -0.25) is 9.79 Å². The van der Waals surface area contributed by atoms with E-state index >= 15 is 0 Å². The highest BCUT2D eigenvalue weighted by molar-refractivity contribution is 14.0. The Morgan fingerprint density at radius 2 is 1.84 bits per heavy atom. The summed E-state index contributed by atoms with van der Waals surface area (Å²) in [5.41, 5.74) is 3.03. The zero-order valence-corrected chi connectivity index (χ0v) is 20.8. The van der Waals surface area contributed by atoms with Gasteiger partial charge in [-0.05, 0) is 54.7 Å². The van der Waals surface area contributed by atoms with Gasteiger partial charge >= 0.3 is 0 Å². The SMILES string of the molecule is CN=C(NCCc1cccc(C(=O)N(C)C)c1)NCC1(c2ccc(F)cc2)CCC1.I. The minimum absolute atomic E-state index is 0. The minimum atomic E-state index is -0.199. The van der Waals surface area contributed by atoms with Gasteiger partial charge in [0.15, 0.2) is 5.96 Å². The second-order valence-electron chi connectivity index (χ2n) is 8.14. The van der Waals surface area contributed by atoms with Crippen LogP contribution in [0.1, 0.15) is 40.7 Å². The van der Waals surface area contributed by atoms with Crippen molar-refractivity contribution in [1.82, 2.24) is 15.5 Å². The molecule has 5 nitrogen and oxygen atoms in total. The van der Waals surface area contributed by atoms with Crippen LogP contribution in [0, 0.1) is 5.82 Å². The van der Waals surface area contributed by atoms with Crippen LogP contribution in [-0.4, -0.2) is 51.0 Å². The van der Waals surface area contributed by atoms with Crippen LogP contribution in [0.15, 0.2) is 53.5 Å². The maximum absolute atomic E-state index is 13.3. The number of hydrogen-bond donors (Lipinski definition) is 2. The lowest BCUT2D eigenvalue weighted by atomic mass is 9.64. The van der Waals surface area contributed by atoms with Crippen molar-refractivity contribution in [3.8, 4) is 0 Å². The highest BCUT2D eigenvalue weighted by Gasteiger charge is 2.38. The molecule has 0 aliphatic heterocycles. The fourth-order valence-electron chi connectivity index (χ4n) is 3.89. The summed E-state index contributed by atoms with van der Waals surface area (Å²) in [6.07, 6.45) is 4.16. The zero-order chi connectivity index (χ0) is 21.6. The number of carbonyl (C=O) groups excluding carboxylic acids is 1. The first-order chi connectivity index (χ1) is 14.4. The third-order valence-corrected chi connectivity index (χ3v) is 5.87. The molecule has 0 bridgehead atoms. The standard InChI is InChI=1S/C24H31FN4O.HI/c1-26-23(27-15-12-18-6-4-7-19(16-18)22(30)29(2)3)28-17-24(13-5-14-24)20-8-10-21(25)11-9-20;/h4,6-11,16H,5,12-15,17H2,1-3H3,(H2,26,27,28);1H. The smallest absolute Gasteiger partial charge is 0.253 e. The van der Waals surface area contributed by atoms with Gasteiger partial charge in [0.05, 0.1) is 0 Å². The van der Waals surface area contributed by atoms with Gasteiger partial charge in [-0.25, -0.2) is 4.39 Å². The summed E-state index contributed by atoms with van der Waals surface area (Å²) in [5.74, 6) is 0.563. The van der Waals surface area contributed by atoms with Crippen molar-refractivity contribution in [2.75, 3.05) is 34.2 Å². The quantitative estimate of drug-likeness (QED) is 0.319. The molecule has 2 N–H and O–H groups in total. The summed E-state index contributed by atoms with van der Waals surface area (Å²) < 4.78 is 13.3. The van der Waals surface area contributed by atoms with Gasteiger partial charge in [0.2, 0.25) is 0 Å². The Morgan fingerprint density at radius 3 is 2.42 bits per heavy atom. The Balaban J connectivity index is 0.00000341. The van der Waals surface area contributed by atoms with Crippen molar-refractivity contribution in [2.45, 2.75) is 31.1 Å². The molecule has 2 aromatic rings. The molecule has 0 aromatic heterocycles. The van der Waals surface area contributed by atoms with Crippen LogP contribution >= 0.6 is 24.0 Å². The van der Waals surface area contributed by atoms with Crippen LogP contribution in [0.4, 0.5) is 4.39 Å². The lowest BCUT2D eigenvalue weighted by Gasteiger charge is -2.43. The molecule has 1 fully saturated rings. The monoisotopic (exact) mass is 538 g/mol. The molecule has 0 radical (unpaired) electrons. The van der Waals surface area contributed by atoms with Gasteiger partial charge in [-0.1, -0.05) is 30.7 Å². The molecule has 0 saturated heterocycles. The van der Waals surface area contributed by atoms with Crippen LogP contribution in [0.3, 0.4) is 0 Å². The van der Waals surface area contributed by atoms with E-state index in [0.717, 1.165) is 37.3 Å². The van der Waals surface area contributed by atoms with Crippen LogP contribution in [-0.2, 0) is 11.8 Å². The Bertz CT molecular complexity index is 895. The molecule has 31 heavy (non-hydrogen) atoms. The van der Waals surface area contributed by atoms with Gasteiger partial charge in [-0.15, -0.1) is 24.0 Å². The average molecular weight is 538 g/mol. The molecule has 1 amide bonds. The number of amides is 1. The third kappa shape index (κ3) is 6.41. The van der Waals surface area contributed by atoms with E-state index in [9.17, 15) is 9.18 Å². The summed E-state index contributed by atoms with van der Waals surface area (Å²) in [5, 5.41) is 6.79.